The molecule has 0 radical (unpaired) electrons. The van der Waals surface area contributed by atoms with E-state index in [1.54, 1.807) is 0 Å². The first kappa shape index (κ1) is 18.8. The second kappa shape index (κ2) is 7.31. The van der Waals surface area contributed by atoms with Gasteiger partial charge in [0.15, 0.2) is 0 Å². The molecule has 2 aromatic carbocycles. The molecule has 0 saturated heterocycles. The average molecular weight is 363 g/mol. The van der Waals surface area contributed by atoms with Crippen molar-refractivity contribution in [3.63, 3.8) is 0 Å². The van der Waals surface area contributed by atoms with Gasteiger partial charge in [-0.15, -0.1) is 0 Å². The van der Waals surface area contributed by atoms with Crippen LogP contribution < -0.4 is 5.32 Å². The van der Waals surface area contributed by atoms with Crippen molar-refractivity contribution in [2.45, 2.75) is 50.9 Å². The molecule has 0 spiro atoms. The zero-order valence-corrected chi connectivity index (χ0v) is 14.9. The molecule has 5 heteroatoms. The summed E-state index contributed by atoms with van der Waals surface area (Å²) in [6.07, 6.45) is -3.66. The first-order valence-electron chi connectivity index (χ1n) is 9.02. The normalized spacial score (nSPS) is 23.8. The molecule has 1 aliphatic rings. The number of aliphatic hydroxyl groups is 1. The smallest absolute Gasteiger partial charge is 0.393 e. The van der Waals surface area contributed by atoms with Crippen molar-refractivity contribution in [3.8, 4) is 0 Å². The molecule has 0 amide bonds. The fourth-order valence-electron chi connectivity index (χ4n) is 3.85. The van der Waals surface area contributed by atoms with Gasteiger partial charge in [-0.2, -0.15) is 13.2 Å². The average Bonchev–Trinajstić information content (AvgIpc) is 2.63. The van der Waals surface area contributed by atoms with Crippen molar-refractivity contribution in [1.29, 1.82) is 0 Å². The van der Waals surface area contributed by atoms with Gasteiger partial charge in [0.25, 0.3) is 0 Å². The lowest BCUT2D eigenvalue weighted by Gasteiger charge is -2.41. The number of aliphatic hydroxyl groups excluding tert-OH is 1. The molecular formula is C21H24F3NO. The summed E-state index contributed by atoms with van der Waals surface area (Å²) in [5, 5.41) is 13.6. The molecule has 3 rings (SSSR count). The highest BCUT2D eigenvalue weighted by atomic mass is 19.4. The van der Waals surface area contributed by atoms with Crippen LogP contribution in [0.3, 0.4) is 0 Å². The van der Waals surface area contributed by atoms with Crippen molar-refractivity contribution in [3.05, 3.63) is 65.2 Å². The zero-order chi connectivity index (χ0) is 18.9. The lowest BCUT2D eigenvalue weighted by molar-refractivity contribution is -0.137. The van der Waals surface area contributed by atoms with Gasteiger partial charge in [0.1, 0.15) is 0 Å². The maximum Gasteiger partial charge on any atom is 0.416 e. The van der Waals surface area contributed by atoms with Crippen LogP contribution in [0.1, 0.15) is 55.3 Å². The van der Waals surface area contributed by atoms with E-state index in [0.29, 0.717) is 18.4 Å². The minimum absolute atomic E-state index is 0.00309. The summed E-state index contributed by atoms with van der Waals surface area (Å²) >= 11 is 0. The van der Waals surface area contributed by atoms with Gasteiger partial charge in [0, 0.05) is 5.69 Å². The lowest BCUT2D eigenvalue weighted by atomic mass is 9.73. The number of alkyl halides is 3. The highest BCUT2D eigenvalue weighted by Crippen LogP contribution is 2.47. The Labute approximate surface area is 152 Å². The predicted molar refractivity (Wildman–Crippen MR) is 97.1 cm³/mol. The summed E-state index contributed by atoms with van der Waals surface area (Å²) in [5.74, 6) is -0.0942. The van der Waals surface area contributed by atoms with Crippen molar-refractivity contribution in [1.82, 2.24) is 0 Å². The van der Waals surface area contributed by atoms with E-state index in [2.05, 4.69) is 5.32 Å². The van der Waals surface area contributed by atoms with E-state index in [1.807, 2.05) is 44.2 Å². The molecule has 0 fully saturated rings. The van der Waals surface area contributed by atoms with E-state index in [-0.39, 0.29) is 17.9 Å². The van der Waals surface area contributed by atoms with E-state index in [9.17, 15) is 18.3 Å². The van der Waals surface area contributed by atoms with Gasteiger partial charge in [-0.1, -0.05) is 44.2 Å². The van der Waals surface area contributed by atoms with Gasteiger partial charge in [0.2, 0.25) is 0 Å². The third kappa shape index (κ3) is 3.73. The fraction of sp³-hybridized carbons (Fsp3) is 0.429. The van der Waals surface area contributed by atoms with Crippen molar-refractivity contribution in [2.24, 2.45) is 5.92 Å². The Bertz CT molecular complexity index is 745. The van der Waals surface area contributed by atoms with E-state index in [4.69, 9.17) is 0 Å². The number of benzene rings is 2. The Hall–Kier alpha value is -2.01. The number of hydrogen-bond acceptors (Lipinski definition) is 2. The standard InChI is InChI=1S/C21H24F3NO/c1-3-16(26)12-18-13(2)17-11-15(21(22,23)24)9-10-19(17)25-20(18)14-7-5-4-6-8-14/h4-11,13,16,18,20,25-26H,3,12H2,1-2H3. The van der Waals surface area contributed by atoms with Gasteiger partial charge in [-0.25, -0.2) is 0 Å². The van der Waals surface area contributed by atoms with Gasteiger partial charge in [0.05, 0.1) is 17.7 Å². The van der Waals surface area contributed by atoms with Gasteiger partial charge < -0.3 is 10.4 Å². The Morgan fingerprint density at radius 1 is 1.12 bits per heavy atom. The second-order valence-corrected chi connectivity index (χ2v) is 7.08. The molecule has 1 heterocycles. The maximum atomic E-state index is 13.1. The zero-order valence-electron chi connectivity index (χ0n) is 14.9. The molecule has 4 unspecified atom stereocenters. The van der Waals surface area contributed by atoms with Crippen LogP contribution in [0.15, 0.2) is 48.5 Å². The molecule has 2 N–H and O–H groups in total. The molecular weight excluding hydrogens is 339 g/mol. The fourth-order valence-corrected chi connectivity index (χ4v) is 3.85. The van der Waals surface area contributed by atoms with Gasteiger partial charge in [-0.3, -0.25) is 0 Å². The Balaban J connectivity index is 2.02. The highest BCUT2D eigenvalue weighted by Gasteiger charge is 2.38. The quantitative estimate of drug-likeness (QED) is 0.725. The van der Waals surface area contributed by atoms with Crippen LogP contribution in [0.25, 0.3) is 0 Å². The minimum atomic E-state index is -4.36. The molecule has 26 heavy (non-hydrogen) atoms. The third-order valence-corrected chi connectivity index (χ3v) is 5.43. The Morgan fingerprint density at radius 3 is 2.42 bits per heavy atom. The number of rotatable bonds is 4. The third-order valence-electron chi connectivity index (χ3n) is 5.43. The van der Waals surface area contributed by atoms with Crippen LogP contribution in [-0.2, 0) is 6.18 Å². The molecule has 4 atom stereocenters. The van der Waals surface area contributed by atoms with E-state index < -0.39 is 17.8 Å². The number of fused-ring (bicyclic) bond motifs is 1. The van der Waals surface area contributed by atoms with Crippen molar-refractivity contribution < 1.29 is 18.3 Å². The lowest BCUT2D eigenvalue weighted by Crippen LogP contribution is -2.33. The van der Waals surface area contributed by atoms with Gasteiger partial charge >= 0.3 is 6.18 Å². The van der Waals surface area contributed by atoms with Crippen LogP contribution >= 0.6 is 0 Å². The SMILES string of the molecule is CCC(O)CC1C(C)c2cc(C(F)(F)F)ccc2NC1c1ccccc1. The van der Waals surface area contributed by atoms with E-state index >= 15 is 0 Å². The first-order chi connectivity index (χ1) is 12.3. The molecule has 0 aliphatic carbocycles. The highest BCUT2D eigenvalue weighted by molar-refractivity contribution is 5.59. The molecule has 1 aliphatic heterocycles. The monoisotopic (exact) mass is 363 g/mol. The summed E-state index contributed by atoms with van der Waals surface area (Å²) in [4.78, 5) is 0. The van der Waals surface area contributed by atoms with Crippen molar-refractivity contribution >= 4 is 5.69 Å². The summed E-state index contributed by atoms with van der Waals surface area (Å²) in [6, 6.07) is 13.7. The predicted octanol–water partition coefficient (Wildman–Crippen LogP) is 5.75. The number of halogens is 3. The molecule has 2 aromatic rings. The number of anilines is 1. The summed E-state index contributed by atoms with van der Waals surface area (Å²) in [6.45, 7) is 3.88. The Morgan fingerprint density at radius 2 is 1.81 bits per heavy atom. The Kier molecular flexibility index (Phi) is 5.28. The van der Waals surface area contributed by atoms with Gasteiger partial charge in [-0.05, 0) is 54.0 Å². The van der Waals surface area contributed by atoms with Crippen molar-refractivity contribution in [2.75, 3.05) is 5.32 Å². The van der Waals surface area contributed by atoms with Crippen LogP contribution in [-0.4, -0.2) is 11.2 Å². The molecule has 0 saturated carbocycles. The van der Waals surface area contributed by atoms with Crippen LogP contribution in [0.5, 0.6) is 0 Å². The maximum absolute atomic E-state index is 13.1. The topological polar surface area (TPSA) is 32.3 Å². The molecule has 140 valence electrons. The summed E-state index contributed by atoms with van der Waals surface area (Å²) in [5.41, 5.74) is 1.86. The number of hydrogen-bond donors (Lipinski definition) is 2. The second-order valence-electron chi connectivity index (χ2n) is 7.08. The van der Waals surface area contributed by atoms with E-state index in [1.165, 1.54) is 12.1 Å². The largest absolute Gasteiger partial charge is 0.416 e. The summed E-state index contributed by atoms with van der Waals surface area (Å²) in [7, 11) is 0. The van der Waals surface area contributed by atoms with Crippen LogP contribution in [0.2, 0.25) is 0 Å². The molecule has 2 nitrogen and oxygen atoms in total. The number of nitrogens with one attached hydrogen (secondary N) is 1. The molecule has 0 bridgehead atoms. The molecule has 0 aromatic heterocycles. The van der Waals surface area contributed by atoms with Crippen LogP contribution in [0, 0.1) is 5.92 Å². The minimum Gasteiger partial charge on any atom is -0.393 e. The summed E-state index contributed by atoms with van der Waals surface area (Å²) < 4.78 is 39.4. The van der Waals surface area contributed by atoms with E-state index in [0.717, 1.165) is 17.3 Å². The van der Waals surface area contributed by atoms with Crippen LogP contribution in [0.4, 0.5) is 18.9 Å². The first-order valence-corrected chi connectivity index (χ1v) is 9.02.